The first-order valence-corrected chi connectivity index (χ1v) is 3.56. The molecule has 1 aromatic rings. The molecule has 0 saturated carbocycles. The molecule has 0 aliphatic heterocycles. The van der Waals surface area contributed by atoms with E-state index in [1.807, 2.05) is 0 Å². The van der Waals surface area contributed by atoms with Crippen LogP contribution in [0.2, 0.25) is 0 Å². The maximum absolute atomic E-state index is 12.9. The van der Waals surface area contributed by atoms with E-state index in [4.69, 9.17) is 10.8 Å². The molecule has 1 aromatic carbocycles. The first kappa shape index (κ1) is 9.25. The molecule has 13 heavy (non-hydrogen) atoms. The third-order valence-corrected chi connectivity index (χ3v) is 1.44. The Morgan fingerprint density at radius 1 is 1.54 bits per heavy atom. The Hall–Kier alpha value is -1.84. The average Bonchev–Trinajstić information content (AvgIpc) is 2.03. The summed E-state index contributed by atoms with van der Waals surface area (Å²) in [4.78, 5) is 10.3. The number of rotatable bonds is 2. The summed E-state index contributed by atoms with van der Waals surface area (Å²) in [5.74, 6) is -1.52. The third-order valence-electron chi connectivity index (χ3n) is 1.44. The molecule has 0 aliphatic carbocycles. The lowest BCUT2D eigenvalue weighted by Gasteiger charge is -1.98. The fourth-order valence-corrected chi connectivity index (χ4v) is 0.856. The van der Waals surface area contributed by atoms with Crippen molar-refractivity contribution in [3.05, 3.63) is 35.7 Å². The molecule has 3 N–H and O–H groups in total. The van der Waals surface area contributed by atoms with Crippen LogP contribution in [0.4, 0.5) is 4.39 Å². The Morgan fingerprint density at radius 3 is 2.77 bits per heavy atom. The van der Waals surface area contributed by atoms with Crippen molar-refractivity contribution < 1.29 is 14.3 Å². The molecular formula is C9H8FNO2. The van der Waals surface area contributed by atoms with Crippen LogP contribution in [0.15, 0.2) is 24.3 Å². The number of phenolic OH excluding ortho intramolecular Hbond substituents is 1. The topological polar surface area (TPSA) is 63.3 Å². The molecule has 0 bridgehead atoms. The number of hydrogen-bond donors (Lipinski definition) is 2. The minimum atomic E-state index is -0.692. The largest absolute Gasteiger partial charge is 0.507 e. The predicted molar refractivity (Wildman–Crippen MR) is 46.3 cm³/mol. The van der Waals surface area contributed by atoms with Crippen molar-refractivity contribution >= 4 is 12.0 Å². The summed E-state index contributed by atoms with van der Waals surface area (Å²) in [6.07, 6.45) is 2.12. The van der Waals surface area contributed by atoms with Gasteiger partial charge in [0.1, 0.15) is 11.6 Å². The van der Waals surface area contributed by atoms with Gasteiger partial charge < -0.3 is 10.8 Å². The van der Waals surface area contributed by atoms with Gasteiger partial charge in [-0.2, -0.15) is 0 Å². The van der Waals surface area contributed by atoms with Crippen molar-refractivity contribution in [1.29, 1.82) is 0 Å². The van der Waals surface area contributed by atoms with E-state index in [1.165, 1.54) is 18.2 Å². The van der Waals surface area contributed by atoms with E-state index in [2.05, 4.69) is 0 Å². The molecule has 0 aromatic heterocycles. The second kappa shape index (κ2) is 3.71. The number of carbonyl (C=O) groups excluding carboxylic acids is 1. The van der Waals surface area contributed by atoms with E-state index in [1.54, 1.807) is 0 Å². The molecule has 0 radical (unpaired) electrons. The van der Waals surface area contributed by atoms with Crippen LogP contribution in [0.1, 0.15) is 5.56 Å². The van der Waals surface area contributed by atoms with Crippen LogP contribution < -0.4 is 5.73 Å². The van der Waals surface area contributed by atoms with Gasteiger partial charge in [0.2, 0.25) is 5.91 Å². The number of primary amides is 1. The Kier molecular flexibility index (Phi) is 2.64. The number of hydrogen-bond acceptors (Lipinski definition) is 2. The number of aromatic hydroxyl groups is 1. The van der Waals surface area contributed by atoms with Gasteiger partial charge >= 0.3 is 0 Å². The van der Waals surface area contributed by atoms with Gasteiger partial charge in [0.25, 0.3) is 0 Å². The van der Waals surface area contributed by atoms with Gasteiger partial charge in [0.15, 0.2) is 0 Å². The maximum atomic E-state index is 12.9. The summed E-state index contributed by atoms with van der Waals surface area (Å²) >= 11 is 0. The van der Waals surface area contributed by atoms with Gasteiger partial charge in [-0.05, 0) is 18.2 Å². The van der Waals surface area contributed by atoms with Crippen molar-refractivity contribution in [3.63, 3.8) is 0 Å². The van der Waals surface area contributed by atoms with Crippen LogP contribution in [0.3, 0.4) is 0 Å². The molecule has 0 atom stereocenters. The number of amides is 1. The Balaban J connectivity index is 3.06. The average molecular weight is 181 g/mol. The SMILES string of the molecule is NC(=O)C=Cc1c(O)cccc1F. The summed E-state index contributed by atoms with van der Waals surface area (Å²) in [5, 5.41) is 9.16. The minimum Gasteiger partial charge on any atom is -0.507 e. The summed E-state index contributed by atoms with van der Waals surface area (Å²) in [5.41, 5.74) is 4.77. The minimum absolute atomic E-state index is 0.0405. The molecule has 0 heterocycles. The van der Waals surface area contributed by atoms with Crippen LogP contribution in [0.5, 0.6) is 5.75 Å². The van der Waals surface area contributed by atoms with Crippen LogP contribution in [0, 0.1) is 5.82 Å². The van der Waals surface area contributed by atoms with Gasteiger partial charge in [0, 0.05) is 6.08 Å². The Bertz CT molecular complexity index is 340. The number of phenols is 1. The van der Waals surface area contributed by atoms with Crippen LogP contribution in [0.25, 0.3) is 6.08 Å². The van der Waals surface area contributed by atoms with Crippen molar-refractivity contribution in [2.75, 3.05) is 0 Å². The summed E-state index contributed by atoms with van der Waals surface area (Å²) in [7, 11) is 0. The second-order valence-electron chi connectivity index (χ2n) is 2.41. The molecule has 0 spiro atoms. The van der Waals surface area contributed by atoms with E-state index < -0.39 is 11.7 Å². The van der Waals surface area contributed by atoms with E-state index in [9.17, 15) is 9.18 Å². The zero-order valence-electron chi connectivity index (χ0n) is 6.70. The predicted octanol–water partition coefficient (Wildman–Crippen LogP) is 1.03. The lowest BCUT2D eigenvalue weighted by Crippen LogP contribution is -2.05. The molecule has 1 amide bonds. The van der Waals surface area contributed by atoms with Gasteiger partial charge in [-0.3, -0.25) is 4.79 Å². The molecule has 1 rings (SSSR count). The normalized spacial score (nSPS) is 10.5. The fraction of sp³-hybridized carbons (Fsp3) is 0. The zero-order valence-corrected chi connectivity index (χ0v) is 6.70. The van der Waals surface area contributed by atoms with Crippen LogP contribution >= 0.6 is 0 Å². The monoisotopic (exact) mass is 181 g/mol. The van der Waals surface area contributed by atoms with Crippen LogP contribution in [-0.2, 0) is 4.79 Å². The van der Waals surface area contributed by atoms with Gasteiger partial charge in [0.05, 0.1) is 5.56 Å². The van der Waals surface area contributed by atoms with E-state index in [0.717, 1.165) is 12.2 Å². The summed E-state index contributed by atoms with van der Waals surface area (Å²) in [6, 6.07) is 3.87. The number of carbonyl (C=O) groups is 1. The smallest absolute Gasteiger partial charge is 0.241 e. The standard InChI is InChI=1S/C9H8FNO2/c10-7-2-1-3-8(12)6(7)4-5-9(11)13/h1-5,12H,(H2,11,13). The number of benzene rings is 1. The summed E-state index contributed by atoms with van der Waals surface area (Å²) < 4.78 is 12.9. The molecule has 0 aliphatic rings. The van der Waals surface area contributed by atoms with Gasteiger partial charge in [-0.25, -0.2) is 4.39 Å². The zero-order chi connectivity index (χ0) is 9.84. The van der Waals surface area contributed by atoms with Gasteiger partial charge in [-0.15, -0.1) is 0 Å². The Morgan fingerprint density at radius 2 is 2.23 bits per heavy atom. The van der Waals surface area contributed by atoms with Crippen molar-refractivity contribution in [2.45, 2.75) is 0 Å². The highest BCUT2D eigenvalue weighted by atomic mass is 19.1. The highest BCUT2D eigenvalue weighted by Gasteiger charge is 2.03. The van der Waals surface area contributed by atoms with Crippen molar-refractivity contribution in [3.8, 4) is 5.75 Å². The van der Waals surface area contributed by atoms with Crippen molar-refractivity contribution in [1.82, 2.24) is 0 Å². The number of nitrogens with two attached hydrogens (primary N) is 1. The maximum Gasteiger partial charge on any atom is 0.241 e. The van der Waals surface area contributed by atoms with E-state index in [-0.39, 0.29) is 11.3 Å². The fourth-order valence-electron chi connectivity index (χ4n) is 0.856. The highest BCUT2D eigenvalue weighted by Crippen LogP contribution is 2.20. The highest BCUT2D eigenvalue weighted by molar-refractivity contribution is 5.90. The number of halogens is 1. The molecular weight excluding hydrogens is 173 g/mol. The Labute approximate surface area is 74.3 Å². The third kappa shape index (κ3) is 2.30. The first-order valence-electron chi connectivity index (χ1n) is 3.56. The van der Waals surface area contributed by atoms with E-state index in [0.29, 0.717) is 0 Å². The van der Waals surface area contributed by atoms with Crippen molar-refractivity contribution in [2.24, 2.45) is 5.73 Å². The molecule has 4 heteroatoms. The molecule has 0 fully saturated rings. The quantitative estimate of drug-likeness (QED) is 0.669. The molecule has 0 unspecified atom stereocenters. The first-order chi connectivity index (χ1) is 6.11. The molecule has 68 valence electrons. The second-order valence-corrected chi connectivity index (χ2v) is 2.41. The molecule has 3 nitrogen and oxygen atoms in total. The summed E-state index contributed by atoms with van der Waals surface area (Å²) in [6.45, 7) is 0. The molecule has 0 saturated heterocycles. The lowest BCUT2D eigenvalue weighted by atomic mass is 10.1. The lowest BCUT2D eigenvalue weighted by molar-refractivity contribution is -0.113. The van der Waals surface area contributed by atoms with E-state index >= 15 is 0 Å². The van der Waals surface area contributed by atoms with Crippen LogP contribution in [-0.4, -0.2) is 11.0 Å². The van der Waals surface area contributed by atoms with Gasteiger partial charge in [-0.1, -0.05) is 6.07 Å².